The highest BCUT2D eigenvalue weighted by atomic mass is 35.5. The van der Waals surface area contributed by atoms with Gasteiger partial charge in [-0.15, -0.1) is 0 Å². The smallest absolute Gasteiger partial charge is 0.322 e. The summed E-state index contributed by atoms with van der Waals surface area (Å²) in [6.07, 6.45) is -4.14. The van der Waals surface area contributed by atoms with E-state index >= 15 is 0 Å². The van der Waals surface area contributed by atoms with Crippen LogP contribution in [-0.2, 0) is 12.7 Å². The van der Waals surface area contributed by atoms with Crippen molar-refractivity contribution in [3.8, 4) is 0 Å². The topological polar surface area (TPSA) is 61.0 Å². The number of aryl methyl sites for hydroxylation is 1. The summed E-state index contributed by atoms with van der Waals surface area (Å²) in [5, 5.41) is 10.5. The molecular weight excluding hydrogens is 335 g/mol. The Balaban J connectivity index is 2.98. The summed E-state index contributed by atoms with van der Waals surface area (Å²) in [4.78, 5) is 14.7. The Bertz CT molecular complexity index is 769. The fraction of sp³-hybridized carbons (Fsp3) is 0.500. The normalized spacial score (nSPS) is 12.3. The van der Waals surface area contributed by atoms with Crippen molar-refractivity contribution in [2.24, 2.45) is 0 Å². The molecule has 5 nitrogen and oxygen atoms in total. The second-order valence-electron chi connectivity index (χ2n) is 5.49. The highest BCUT2D eigenvalue weighted by Crippen LogP contribution is 2.44. The molecule has 0 fully saturated rings. The molecule has 0 atom stereocenters. The van der Waals surface area contributed by atoms with Crippen molar-refractivity contribution < 1.29 is 18.1 Å². The average Bonchev–Trinajstić information content (AvgIpc) is 2.75. The van der Waals surface area contributed by atoms with Gasteiger partial charge in [0.05, 0.1) is 16.0 Å². The number of nitro benzene ring substituents is 1. The predicted molar refractivity (Wildman–Crippen MR) is 80.8 cm³/mol. The Morgan fingerprint density at radius 3 is 2.48 bits per heavy atom. The van der Waals surface area contributed by atoms with Crippen molar-refractivity contribution in [3.05, 3.63) is 32.6 Å². The van der Waals surface area contributed by atoms with Gasteiger partial charge < -0.3 is 4.57 Å². The Labute approximate surface area is 135 Å². The van der Waals surface area contributed by atoms with Crippen LogP contribution in [-0.4, -0.2) is 14.5 Å². The van der Waals surface area contributed by atoms with E-state index in [2.05, 4.69) is 4.98 Å². The van der Waals surface area contributed by atoms with Gasteiger partial charge in [-0.1, -0.05) is 32.4 Å². The molecule has 0 aliphatic rings. The number of nitro groups is 1. The molecule has 0 radical (unpaired) electrons. The third kappa shape index (κ3) is 2.99. The average molecular weight is 350 g/mol. The van der Waals surface area contributed by atoms with Crippen LogP contribution in [0.25, 0.3) is 11.0 Å². The Morgan fingerprint density at radius 2 is 2.04 bits per heavy atom. The van der Waals surface area contributed by atoms with E-state index in [1.54, 1.807) is 4.57 Å². The van der Waals surface area contributed by atoms with E-state index in [1.165, 1.54) is 0 Å². The first-order valence-corrected chi connectivity index (χ1v) is 7.41. The summed E-state index contributed by atoms with van der Waals surface area (Å²) in [6, 6.07) is 0.780. The first kappa shape index (κ1) is 17.5. The molecule has 9 heteroatoms. The van der Waals surface area contributed by atoms with E-state index in [0.29, 0.717) is 18.8 Å². The molecule has 1 aromatic carbocycles. The zero-order valence-corrected chi connectivity index (χ0v) is 13.5. The second-order valence-corrected chi connectivity index (χ2v) is 5.86. The lowest BCUT2D eigenvalue weighted by Crippen LogP contribution is -2.09. The van der Waals surface area contributed by atoms with Gasteiger partial charge in [0.2, 0.25) is 0 Å². The second kappa shape index (κ2) is 5.99. The van der Waals surface area contributed by atoms with Crippen LogP contribution < -0.4 is 0 Å². The number of fused-ring (bicyclic) bond motifs is 1. The molecule has 0 saturated heterocycles. The predicted octanol–water partition coefficient (Wildman–Crippen LogP) is 5.15. The van der Waals surface area contributed by atoms with Gasteiger partial charge >= 0.3 is 11.9 Å². The number of nitrogens with zero attached hydrogens (tertiary/aromatic N) is 3. The fourth-order valence-corrected chi connectivity index (χ4v) is 2.85. The summed E-state index contributed by atoms with van der Waals surface area (Å²) in [5.74, 6) is 0.405. The van der Waals surface area contributed by atoms with Crippen molar-refractivity contribution in [2.45, 2.75) is 45.8 Å². The fourth-order valence-electron chi connectivity index (χ4n) is 2.53. The lowest BCUT2D eigenvalue weighted by molar-refractivity contribution is -0.383. The van der Waals surface area contributed by atoms with Crippen LogP contribution in [0.3, 0.4) is 0 Å². The van der Waals surface area contributed by atoms with Crippen LogP contribution in [0.4, 0.5) is 18.9 Å². The molecule has 0 spiro atoms. The molecule has 2 rings (SSSR count). The lowest BCUT2D eigenvalue weighted by atomic mass is 10.1. The summed E-state index contributed by atoms with van der Waals surface area (Å²) >= 11 is 5.73. The molecular formula is C14H15ClF3N3O2. The van der Waals surface area contributed by atoms with Gasteiger partial charge in [0.25, 0.3) is 0 Å². The Morgan fingerprint density at radius 1 is 1.43 bits per heavy atom. The van der Waals surface area contributed by atoms with Crippen LogP contribution in [0, 0.1) is 10.1 Å². The quantitative estimate of drug-likeness (QED) is 0.566. The maximum atomic E-state index is 13.1. The molecule has 0 aliphatic heterocycles. The number of aromatic nitrogens is 2. The van der Waals surface area contributed by atoms with E-state index in [-0.39, 0.29) is 17.0 Å². The Kier molecular flexibility index (Phi) is 4.57. The monoisotopic (exact) mass is 349 g/mol. The molecule has 126 valence electrons. The molecule has 0 bridgehead atoms. The molecule has 0 N–H and O–H groups in total. The molecule has 2 aromatic rings. The van der Waals surface area contributed by atoms with E-state index in [0.717, 1.165) is 6.07 Å². The summed E-state index contributed by atoms with van der Waals surface area (Å²) < 4.78 is 40.9. The minimum absolute atomic E-state index is 0.0403. The van der Waals surface area contributed by atoms with E-state index in [9.17, 15) is 23.3 Å². The number of halogens is 4. The number of rotatable bonds is 4. The van der Waals surface area contributed by atoms with Crippen molar-refractivity contribution >= 4 is 28.3 Å². The third-order valence-corrected chi connectivity index (χ3v) is 3.81. The van der Waals surface area contributed by atoms with E-state index in [1.807, 2.05) is 20.8 Å². The summed E-state index contributed by atoms with van der Waals surface area (Å²) in [7, 11) is 0. The molecule has 0 aliphatic carbocycles. The van der Waals surface area contributed by atoms with Gasteiger partial charge in [-0.3, -0.25) is 10.1 Å². The van der Waals surface area contributed by atoms with Crippen molar-refractivity contribution in [2.75, 3.05) is 0 Å². The number of hydrogen-bond donors (Lipinski definition) is 0. The molecule has 1 heterocycles. The minimum Gasteiger partial charge on any atom is -0.322 e. The maximum Gasteiger partial charge on any atom is 0.418 e. The summed E-state index contributed by atoms with van der Waals surface area (Å²) in [6.45, 7) is 5.93. The molecule has 0 amide bonds. The SMILES string of the molecule is CCCn1c(C(C)C)nc2cc(C(F)(F)F)c(Cl)c([N+](=O)[O-])c21. The van der Waals surface area contributed by atoms with E-state index < -0.39 is 27.4 Å². The van der Waals surface area contributed by atoms with Crippen LogP contribution in [0.1, 0.15) is 44.5 Å². The van der Waals surface area contributed by atoms with Gasteiger partial charge in [-0.2, -0.15) is 13.2 Å². The Hall–Kier alpha value is -1.83. The van der Waals surface area contributed by atoms with Gasteiger partial charge in [0.1, 0.15) is 16.4 Å². The number of hydrogen-bond acceptors (Lipinski definition) is 3. The van der Waals surface area contributed by atoms with E-state index in [4.69, 9.17) is 11.6 Å². The maximum absolute atomic E-state index is 13.1. The number of imidazole rings is 1. The minimum atomic E-state index is -4.79. The highest BCUT2D eigenvalue weighted by Gasteiger charge is 2.39. The van der Waals surface area contributed by atoms with Gasteiger partial charge in [-0.25, -0.2) is 4.98 Å². The first-order valence-electron chi connectivity index (χ1n) is 7.03. The van der Waals surface area contributed by atoms with Crippen LogP contribution in [0.15, 0.2) is 6.07 Å². The van der Waals surface area contributed by atoms with Gasteiger partial charge in [-0.05, 0) is 12.5 Å². The van der Waals surface area contributed by atoms with Gasteiger partial charge in [0.15, 0.2) is 0 Å². The van der Waals surface area contributed by atoms with Crippen LogP contribution in [0.2, 0.25) is 5.02 Å². The molecule has 1 aromatic heterocycles. The standard InChI is InChI=1S/C14H15ClF3N3O2/c1-4-5-20-11-9(19-13(20)7(2)3)6-8(14(16,17)18)10(15)12(11)21(22)23/h6-7H,4-5H2,1-3H3. The molecule has 0 unspecified atom stereocenters. The highest BCUT2D eigenvalue weighted by molar-refractivity contribution is 6.34. The molecule has 0 saturated carbocycles. The molecule has 23 heavy (non-hydrogen) atoms. The van der Waals surface area contributed by atoms with Crippen molar-refractivity contribution in [1.82, 2.24) is 9.55 Å². The van der Waals surface area contributed by atoms with Crippen LogP contribution in [0.5, 0.6) is 0 Å². The van der Waals surface area contributed by atoms with Crippen LogP contribution >= 0.6 is 11.6 Å². The summed E-state index contributed by atoms with van der Waals surface area (Å²) in [5.41, 5.74) is -2.01. The lowest BCUT2D eigenvalue weighted by Gasteiger charge is -2.12. The zero-order chi connectivity index (χ0) is 17.5. The largest absolute Gasteiger partial charge is 0.418 e. The van der Waals surface area contributed by atoms with Crippen molar-refractivity contribution in [1.29, 1.82) is 0 Å². The zero-order valence-electron chi connectivity index (χ0n) is 12.7. The van der Waals surface area contributed by atoms with Crippen molar-refractivity contribution in [3.63, 3.8) is 0 Å². The first-order chi connectivity index (χ1) is 10.6. The number of alkyl halides is 3. The van der Waals surface area contributed by atoms with Gasteiger partial charge in [0, 0.05) is 12.5 Å². The number of benzene rings is 1. The third-order valence-electron chi connectivity index (χ3n) is 3.43.